The van der Waals surface area contributed by atoms with E-state index in [1.54, 1.807) is 0 Å². The molecule has 2 rings (SSSR count). The zero-order chi connectivity index (χ0) is 10.0. The molecule has 1 heterocycles. The minimum atomic E-state index is 0.143. The Morgan fingerprint density at radius 2 is 2.14 bits per heavy atom. The van der Waals surface area contributed by atoms with Crippen molar-refractivity contribution in [3.63, 3.8) is 0 Å². The Morgan fingerprint density at radius 3 is 2.79 bits per heavy atom. The van der Waals surface area contributed by atoms with Gasteiger partial charge in [-0.05, 0) is 26.3 Å². The van der Waals surface area contributed by atoms with Gasteiger partial charge in [0.1, 0.15) is 0 Å². The lowest BCUT2D eigenvalue weighted by atomic mass is 9.91. The molecule has 1 atom stereocenters. The van der Waals surface area contributed by atoms with Gasteiger partial charge in [0.25, 0.3) is 0 Å². The predicted octanol–water partition coefficient (Wildman–Crippen LogP) is 1.01. The first kappa shape index (κ1) is 10.4. The highest BCUT2D eigenvalue weighted by Crippen LogP contribution is 2.42. The van der Waals surface area contributed by atoms with Crippen molar-refractivity contribution in [1.29, 1.82) is 0 Å². The summed E-state index contributed by atoms with van der Waals surface area (Å²) in [6, 6.07) is 0.539. The lowest BCUT2D eigenvalue weighted by Gasteiger charge is -2.36. The van der Waals surface area contributed by atoms with Crippen LogP contribution in [-0.2, 0) is 4.74 Å². The minimum absolute atomic E-state index is 0.143. The summed E-state index contributed by atoms with van der Waals surface area (Å²) in [6.45, 7) is 1.93. The molecular formula is C11H21NO2. The Kier molecular flexibility index (Phi) is 3.10. The van der Waals surface area contributed by atoms with Crippen molar-refractivity contribution in [3.8, 4) is 0 Å². The first-order valence-electron chi connectivity index (χ1n) is 5.73. The van der Waals surface area contributed by atoms with E-state index in [1.165, 1.54) is 25.7 Å². The van der Waals surface area contributed by atoms with E-state index in [1.807, 2.05) is 0 Å². The molecule has 1 aliphatic carbocycles. The van der Waals surface area contributed by atoms with Crippen molar-refractivity contribution < 1.29 is 9.84 Å². The predicted molar refractivity (Wildman–Crippen MR) is 55.3 cm³/mol. The summed E-state index contributed by atoms with van der Waals surface area (Å²) in [5, 5.41) is 8.95. The Morgan fingerprint density at radius 1 is 1.43 bits per heavy atom. The number of nitrogens with zero attached hydrogens (tertiary/aromatic N) is 1. The van der Waals surface area contributed by atoms with Gasteiger partial charge in [-0.25, -0.2) is 0 Å². The summed E-state index contributed by atoms with van der Waals surface area (Å²) in [4.78, 5) is 2.28. The topological polar surface area (TPSA) is 32.7 Å². The Hall–Kier alpha value is -0.120. The van der Waals surface area contributed by atoms with Gasteiger partial charge in [0.2, 0.25) is 0 Å². The first-order valence-corrected chi connectivity index (χ1v) is 5.73. The SMILES string of the molecule is CN(CCO)C1CCOC12CCCC2. The van der Waals surface area contributed by atoms with E-state index in [2.05, 4.69) is 11.9 Å². The molecular weight excluding hydrogens is 178 g/mol. The van der Waals surface area contributed by atoms with Crippen LogP contribution in [0.5, 0.6) is 0 Å². The van der Waals surface area contributed by atoms with Gasteiger partial charge >= 0.3 is 0 Å². The van der Waals surface area contributed by atoms with Gasteiger partial charge in [0, 0.05) is 19.2 Å². The van der Waals surface area contributed by atoms with E-state index in [4.69, 9.17) is 9.84 Å². The molecule has 3 heteroatoms. The fraction of sp³-hybridized carbons (Fsp3) is 1.00. The first-order chi connectivity index (χ1) is 6.78. The van der Waals surface area contributed by atoms with Crippen molar-refractivity contribution in [3.05, 3.63) is 0 Å². The average molecular weight is 199 g/mol. The Labute approximate surface area is 86.0 Å². The molecule has 1 spiro atoms. The lowest BCUT2D eigenvalue weighted by molar-refractivity contribution is -0.0310. The average Bonchev–Trinajstić information content (AvgIpc) is 2.78. The van der Waals surface area contributed by atoms with Crippen LogP contribution in [0.4, 0.5) is 0 Å². The Bertz CT molecular complexity index is 184. The molecule has 0 aromatic carbocycles. The highest BCUT2D eigenvalue weighted by molar-refractivity contribution is 5.00. The van der Waals surface area contributed by atoms with Crippen LogP contribution in [0, 0.1) is 0 Å². The number of ether oxygens (including phenoxy) is 1. The van der Waals surface area contributed by atoms with Crippen LogP contribution in [0.2, 0.25) is 0 Å². The molecule has 14 heavy (non-hydrogen) atoms. The lowest BCUT2D eigenvalue weighted by Crippen LogP contribution is -2.47. The van der Waals surface area contributed by atoms with Crippen LogP contribution in [0.25, 0.3) is 0 Å². The molecule has 3 nitrogen and oxygen atoms in total. The number of hydrogen-bond donors (Lipinski definition) is 1. The largest absolute Gasteiger partial charge is 0.395 e. The maximum atomic E-state index is 8.95. The summed E-state index contributed by atoms with van der Waals surface area (Å²) in [7, 11) is 2.11. The van der Waals surface area contributed by atoms with Gasteiger partial charge in [0.05, 0.1) is 12.2 Å². The summed E-state index contributed by atoms with van der Waals surface area (Å²) >= 11 is 0. The van der Waals surface area contributed by atoms with Crippen LogP contribution in [-0.4, -0.2) is 48.5 Å². The molecule has 0 aromatic heterocycles. The monoisotopic (exact) mass is 199 g/mol. The molecule has 82 valence electrons. The number of rotatable bonds is 3. The molecule has 0 amide bonds. The molecule has 1 N–H and O–H groups in total. The molecule has 1 aliphatic heterocycles. The molecule has 1 unspecified atom stereocenters. The van der Waals surface area contributed by atoms with Gasteiger partial charge < -0.3 is 9.84 Å². The van der Waals surface area contributed by atoms with E-state index in [0.717, 1.165) is 19.6 Å². The third-order valence-electron chi connectivity index (χ3n) is 3.82. The van der Waals surface area contributed by atoms with Gasteiger partial charge in [-0.15, -0.1) is 0 Å². The van der Waals surface area contributed by atoms with Crippen LogP contribution < -0.4 is 0 Å². The summed E-state index contributed by atoms with van der Waals surface area (Å²) in [5.74, 6) is 0. The van der Waals surface area contributed by atoms with Crippen LogP contribution in [0.3, 0.4) is 0 Å². The van der Waals surface area contributed by atoms with Gasteiger partial charge in [-0.3, -0.25) is 4.90 Å². The smallest absolute Gasteiger partial charge is 0.0837 e. The normalized spacial score (nSPS) is 30.6. The second-order valence-electron chi connectivity index (χ2n) is 4.63. The van der Waals surface area contributed by atoms with E-state index < -0.39 is 0 Å². The quantitative estimate of drug-likeness (QED) is 0.736. The van der Waals surface area contributed by atoms with Crippen LogP contribution >= 0.6 is 0 Å². The third kappa shape index (κ3) is 1.69. The molecule has 2 aliphatic rings. The second-order valence-corrected chi connectivity index (χ2v) is 4.63. The molecule has 0 aromatic rings. The molecule has 1 saturated heterocycles. The fourth-order valence-electron chi connectivity index (χ4n) is 3.12. The van der Waals surface area contributed by atoms with E-state index >= 15 is 0 Å². The van der Waals surface area contributed by atoms with Gasteiger partial charge in [-0.2, -0.15) is 0 Å². The van der Waals surface area contributed by atoms with Crippen molar-refractivity contribution >= 4 is 0 Å². The molecule has 0 bridgehead atoms. The van der Waals surface area contributed by atoms with Crippen molar-refractivity contribution in [2.75, 3.05) is 26.8 Å². The van der Waals surface area contributed by atoms with Gasteiger partial charge in [0.15, 0.2) is 0 Å². The maximum absolute atomic E-state index is 8.95. The fourth-order valence-corrected chi connectivity index (χ4v) is 3.12. The summed E-state index contributed by atoms with van der Waals surface area (Å²) in [5.41, 5.74) is 0.143. The number of aliphatic hydroxyl groups excluding tert-OH is 1. The van der Waals surface area contributed by atoms with Crippen molar-refractivity contribution in [2.45, 2.75) is 43.7 Å². The third-order valence-corrected chi connectivity index (χ3v) is 3.82. The molecule has 2 fully saturated rings. The van der Waals surface area contributed by atoms with E-state index in [0.29, 0.717) is 6.04 Å². The number of aliphatic hydroxyl groups is 1. The van der Waals surface area contributed by atoms with Crippen molar-refractivity contribution in [2.24, 2.45) is 0 Å². The standard InChI is InChI=1S/C11H21NO2/c1-12(7-8-13)10-4-9-14-11(10)5-2-3-6-11/h10,13H,2-9H2,1H3. The summed E-state index contributed by atoms with van der Waals surface area (Å²) in [6.07, 6.45) is 6.18. The van der Waals surface area contributed by atoms with Crippen molar-refractivity contribution in [1.82, 2.24) is 4.90 Å². The van der Waals surface area contributed by atoms with Crippen LogP contribution in [0.1, 0.15) is 32.1 Å². The molecule has 1 saturated carbocycles. The second kappa shape index (κ2) is 4.17. The minimum Gasteiger partial charge on any atom is -0.395 e. The van der Waals surface area contributed by atoms with E-state index in [-0.39, 0.29) is 12.2 Å². The van der Waals surface area contributed by atoms with E-state index in [9.17, 15) is 0 Å². The Balaban J connectivity index is 2.02. The molecule has 0 radical (unpaired) electrons. The van der Waals surface area contributed by atoms with Gasteiger partial charge in [-0.1, -0.05) is 12.8 Å². The maximum Gasteiger partial charge on any atom is 0.0837 e. The summed E-state index contributed by atoms with van der Waals surface area (Å²) < 4.78 is 5.96. The van der Waals surface area contributed by atoms with Crippen LogP contribution in [0.15, 0.2) is 0 Å². The highest BCUT2D eigenvalue weighted by atomic mass is 16.5. The zero-order valence-corrected chi connectivity index (χ0v) is 9.04. The number of likely N-dealkylation sites (N-methyl/N-ethyl adjacent to an activating group) is 1. The highest BCUT2D eigenvalue weighted by Gasteiger charge is 2.47. The zero-order valence-electron chi connectivity index (χ0n) is 9.04. The number of hydrogen-bond acceptors (Lipinski definition) is 3.